The van der Waals surface area contributed by atoms with Gasteiger partial charge < -0.3 is 9.47 Å². The summed E-state index contributed by atoms with van der Waals surface area (Å²) >= 11 is 0. The zero-order valence-corrected chi connectivity index (χ0v) is 8.41. The smallest absolute Gasteiger partial charge is 0.336 e. The van der Waals surface area contributed by atoms with Crippen molar-refractivity contribution in [3.63, 3.8) is 0 Å². The maximum absolute atomic E-state index is 11.2. The van der Waals surface area contributed by atoms with Crippen LogP contribution in [0.2, 0.25) is 0 Å². The summed E-state index contributed by atoms with van der Waals surface area (Å²) in [6, 6.07) is 0. The van der Waals surface area contributed by atoms with E-state index in [0.717, 1.165) is 0 Å². The summed E-state index contributed by atoms with van der Waals surface area (Å²) < 4.78 is 10.0. The van der Waals surface area contributed by atoms with Gasteiger partial charge in [0.15, 0.2) is 5.78 Å². The standard InChI is InChI=1S/C10H14O4/c1-3-13-10(12)8-4-5-9(7(2)11)14-6-8/h4,9H,3,5-6H2,1-2H3/t9-/m0/s1. The molecule has 0 aromatic rings. The summed E-state index contributed by atoms with van der Waals surface area (Å²) in [5.41, 5.74) is 0.504. The van der Waals surface area contributed by atoms with E-state index in [1.807, 2.05) is 0 Å². The van der Waals surface area contributed by atoms with Gasteiger partial charge in [0.25, 0.3) is 0 Å². The Kier molecular flexibility index (Phi) is 3.83. The number of hydrogen-bond acceptors (Lipinski definition) is 4. The average Bonchev–Trinajstić information content (AvgIpc) is 2.18. The molecule has 4 heteroatoms. The molecule has 0 amide bonds. The first-order valence-corrected chi connectivity index (χ1v) is 4.63. The van der Waals surface area contributed by atoms with E-state index in [-0.39, 0.29) is 18.4 Å². The fourth-order valence-corrected chi connectivity index (χ4v) is 1.22. The normalized spacial score (nSPS) is 21.3. The van der Waals surface area contributed by atoms with Crippen molar-refractivity contribution >= 4 is 11.8 Å². The lowest BCUT2D eigenvalue weighted by Gasteiger charge is -2.19. The number of Topliss-reactive ketones (excluding diaryl/α,β-unsaturated/α-hetero) is 1. The highest BCUT2D eigenvalue weighted by Crippen LogP contribution is 2.14. The number of carbonyl (C=O) groups excluding carboxylic acids is 2. The molecule has 0 fully saturated rings. The van der Waals surface area contributed by atoms with Crippen molar-refractivity contribution in [2.75, 3.05) is 13.2 Å². The van der Waals surface area contributed by atoms with Gasteiger partial charge in [-0.05, 0) is 20.3 Å². The number of ether oxygens (including phenoxy) is 2. The molecule has 0 bridgehead atoms. The number of hydrogen-bond donors (Lipinski definition) is 0. The zero-order chi connectivity index (χ0) is 10.6. The minimum Gasteiger partial charge on any atom is -0.463 e. The van der Waals surface area contributed by atoms with Gasteiger partial charge in [-0.2, -0.15) is 0 Å². The monoisotopic (exact) mass is 198 g/mol. The Morgan fingerprint density at radius 2 is 2.36 bits per heavy atom. The van der Waals surface area contributed by atoms with Crippen molar-refractivity contribution in [3.8, 4) is 0 Å². The zero-order valence-electron chi connectivity index (χ0n) is 8.41. The van der Waals surface area contributed by atoms with Crippen molar-refractivity contribution in [2.45, 2.75) is 26.4 Å². The van der Waals surface area contributed by atoms with Crippen LogP contribution >= 0.6 is 0 Å². The summed E-state index contributed by atoms with van der Waals surface area (Å²) in [7, 11) is 0. The van der Waals surface area contributed by atoms with Crippen LogP contribution in [-0.4, -0.2) is 31.1 Å². The number of ketones is 1. The van der Waals surface area contributed by atoms with Crippen LogP contribution in [-0.2, 0) is 19.1 Å². The second kappa shape index (κ2) is 4.91. The molecule has 0 aliphatic carbocycles. The van der Waals surface area contributed by atoms with Gasteiger partial charge >= 0.3 is 5.97 Å². The van der Waals surface area contributed by atoms with Crippen molar-refractivity contribution in [2.24, 2.45) is 0 Å². The van der Waals surface area contributed by atoms with Crippen LogP contribution < -0.4 is 0 Å². The maximum Gasteiger partial charge on any atom is 0.336 e. The molecule has 0 saturated carbocycles. The molecule has 0 aromatic heterocycles. The van der Waals surface area contributed by atoms with Crippen LogP contribution in [0.4, 0.5) is 0 Å². The predicted octanol–water partition coefficient (Wildman–Crippen LogP) is 0.854. The fourth-order valence-electron chi connectivity index (χ4n) is 1.22. The van der Waals surface area contributed by atoms with Crippen molar-refractivity contribution in [1.82, 2.24) is 0 Å². The molecule has 0 spiro atoms. The number of rotatable bonds is 3. The summed E-state index contributed by atoms with van der Waals surface area (Å²) in [6.45, 7) is 3.75. The van der Waals surface area contributed by atoms with Gasteiger partial charge in [-0.15, -0.1) is 0 Å². The van der Waals surface area contributed by atoms with Crippen LogP contribution in [0.15, 0.2) is 11.6 Å². The maximum atomic E-state index is 11.2. The Hall–Kier alpha value is -1.16. The third kappa shape index (κ3) is 2.67. The van der Waals surface area contributed by atoms with Crippen LogP contribution in [0.5, 0.6) is 0 Å². The second-order valence-corrected chi connectivity index (χ2v) is 3.10. The van der Waals surface area contributed by atoms with Gasteiger partial charge in [0.1, 0.15) is 6.10 Å². The molecule has 4 nitrogen and oxygen atoms in total. The Balaban J connectivity index is 2.52. The highest BCUT2D eigenvalue weighted by molar-refractivity contribution is 5.89. The highest BCUT2D eigenvalue weighted by atomic mass is 16.5. The summed E-state index contributed by atoms with van der Waals surface area (Å²) in [4.78, 5) is 22.1. The van der Waals surface area contributed by atoms with E-state index in [0.29, 0.717) is 18.6 Å². The quantitative estimate of drug-likeness (QED) is 0.631. The molecule has 0 unspecified atom stereocenters. The van der Waals surface area contributed by atoms with Crippen LogP contribution in [0.3, 0.4) is 0 Å². The number of esters is 1. The summed E-state index contributed by atoms with van der Waals surface area (Å²) in [5.74, 6) is -0.362. The lowest BCUT2D eigenvalue weighted by Crippen LogP contribution is -2.28. The van der Waals surface area contributed by atoms with E-state index in [4.69, 9.17) is 9.47 Å². The van der Waals surface area contributed by atoms with Crippen molar-refractivity contribution in [1.29, 1.82) is 0 Å². The lowest BCUT2D eigenvalue weighted by atomic mass is 10.1. The minimum absolute atomic E-state index is 0.0100. The predicted molar refractivity (Wildman–Crippen MR) is 49.8 cm³/mol. The third-order valence-corrected chi connectivity index (χ3v) is 2.01. The first-order chi connectivity index (χ1) is 6.65. The molecule has 0 saturated heterocycles. The van der Waals surface area contributed by atoms with Gasteiger partial charge in [-0.1, -0.05) is 6.08 Å². The van der Waals surface area contributed by atoms with Gasteiger partial charge in [-0.3, -0.25) is 4.79 Å². The van der Waals surface area contributed by atoms with E-state index in [9.17, 15) is 9.59 Å². The third-order valence-electron chi connectivity index (χ3n) is 2.01. The van der Waals surface area contributed by atoms with E-state index in [1.54, 1.807) is 13.0 Å². The van der Waals surface area contributed by atoms with Crippen molar-refractivity contribution in [3.05, 3.63) is 11.6 Å². The van der Waals surface area contributed by atoms with Gasteiger partial charge in [-0.25, -0.2) is 4.79 Å². The average molecular weight is 198 g/mol. The van der Waals surface area contributed by atoms with E-state index in [2.05, 4.69) is 0 Å². The molecule has 14 heavy (non-hydrogen) atoms. The molecule has 0 aromatic carbocycles. The largest absolute Gasteiger partial charge is 0.463 e. The number of carbonyl (C=O) groups is 2. The molecular formula is C10H14O4. The molecule has 0 radical (unpaired) electrons. The lowest BCUT2D eigenvalue weighted by molar-refractivity contribution is -0.141. The molecule has 1 atom stereocenters. The molecule has 78 valence electrons. The van der Waals surface area contributed by atoms with Crippen LogP contribution in [0.1, 0.15) is 20.3 Å². The molecular weight excluding hydrogens is 184 g/mol. The second-order valence-electron chi connectivity index (χ2n) is 3.10. The first kappa shape index (κ1) is 10.9. The van der Waals surface area contributed by atoms with Crippen molar-refractivity contribution < 1.29 is 19.1 Å². The van der Waals surface area contributed by atoms with Crippen LogP contribution in [0, 0.1) is 0 Å². The molecule has 0 N–H and O–H groups in total. The molecule has 1 aliphatic rings. The van der Waals surface area contributed by atoms with E-state index >= 15 is 0 Å². The van der Waals surface area contributed by atoms with E-state index < -0.39 is 6.10 Å². The first-order valence-electron chi connectivity index (χ1n) is 4.63. The van der Waals surface area contributed by atoms with Gasteiger partial charge in [0.2, 0.25) is 0 Å². The Labute approximate surface area is 82.9 Å². The highest BCUT2D eigenvalue weighted by Gasteiger charge is 2.22. The minimum atomic E-state index is -0.395. The molecule has 1 heterocycles. The fraction of sp³-hybridized carbons (Fsp3) is 0.600. The Bertz CT molecular complexity index is 267. The Morgan fingerprint density at radius 3 is 2.79 bits per heavy atom. The summed E-state index contributed by atoms with van der Waals surface area (Å²) in [6.07, 6.45) is 1.78. The Morgan fingerprint density at radius 1 is 1.64 bits per heavy atom. The topological polar surface area (TPSA) is 52.6 Å². The van der Waals surface area contributed by atoms with Gasteiger partial charge in [0, 0.05) is 0 Å². The SMILES string of the molecule is CCOC(=O)C1=CC[C@@H](C(C)=O)OC1. The van der Waals surface area contributed by atoms with Crippen LogP contribution in [0.25, 0.3) is 0 Å². The van der Waals surface area contributed by atoms with E-state index in [1.165, 1.54) is 6.92 Å². The molecule has 1 rings (SSSR count). The summed E-state index contributed by atoms with van der Waals surface area (Å²) in [5, 5.41) is 0. The van der Waals surface area contributed by atoms with Gasteiger partial charge in [0.05, 0.1) is 18.8 Å². The molecule has 1 aliphatic heterocycles.